The summed E-state index contributed by atoms with van der Waals surface area (Å²) in [6.07, 6.45) is 2.73. The maximum absolute atomic E-state index is 3.23. The molecule has 56 valence electrons. The lowest BCUT2D eigenvalue weighted by atomic mass is 10.3. The fraction of sp³-hybridized carbons (Fsp3) is 1.00. The predicted octanol–water partition coefficient (Wildman–Crippen LogP) is 1.73. The van der Waals surface area contributed by atoms with E-state index >= 15 is 0 Å². The number of hydrogen-bond donors (Lipinski definition) is 1. The molecule has 2 heteroatoms. The number of hydrogen-bond acceptors (Lipinski definition) is 1. The summed E-state index contributed by atoms with van der Waals surface area (Å²) in [6, 6.07) is 0.704. The van der Waals surface area contributed by atoms with Gasteiger partial charge in [-0.05, 0) is 39.9 Å². The van der Waals surface area contributed by atoms with Crippen LogP contribution in [0.4, 0.5) is 0 Å². The molecule has 0 aromatic rings. The van der Waals surface area contributed by atoms with Crippen LogP contribution in [0, 0.1) is 0 Å². The molecular weight excluding hydrogens is 129 g/mol. The van der Waals surface area contributed by atoms with Crippen molar-refractivity contribution in [2.24, 2.45) is 0 Å². The van der Waals surface area contributed by atoms with Crippen molar-refractivity contribution < 1.29 is 0 Å². The normalized spacial score (nSPS) is 14.3. The lowest BCUT2D eigenvalue weighted by molar-refractivity contribution is 0.596. The Morgan fingerprint density at radius 1 is 1.44 bits per heavy atom. The van der Waals surface area contributed by atoms with Gasteiger partial charge in [0.25, 0.3) is 0 Å². The molecule has 0 aromatic carbocycles. The Hall–Kier alpha value is 0.390. The maximum atomic E-state index is 3.23. The topological polar surface area (TPSA) is 12.0 Å². The van der Waals surface area contributed by atoms with Gasteiger partial charge in [-0.1, -0.05) is 0 Å². The summed E-state index contributed by atoms with van der Waals surface area (Å²) in [5.41, 5.74) is 0. The molecular formula is C7H18NP. The first-order valence-electron chi connectivity index (χ1n) is 3.48. The summed E-state index contributed by atoms with van der Waals surface area (Å²) < 4.78 is 0. The van der Waals surface area contributed by atoms with Crippen molar-refractivity contribution in [3.63, 3.8) is 0 Å². The zero-order valence-electron chi connectivity index (χ0n) is 6.94. The van der Waals surface area contributed by atoms with E-state index in [0.29, 0.717) is 14.0 Å². The summed E-state index contributed by atoms with van der Waals surface area (Å²) >= 11 is 0. The zero-order chi connectivity index (χ0) is 7.28. The second kappa shape index (κ2) is 5.20. The highest BCUT2D eigenvalue weighted by Gasteiger charge is 1.98. The quantitative estimate of drug-likeness (QED) is 0.597. The van der Waals surface area contributed by atoms with Gasteiger partial charge in [0.2, 0.25) is 0 Å². The average molecular weight is 147 g/mol. The smallest absolute Gasteiger partial charge is 0.00390 e. The Morgan fingerprint density at radius 3 is 2.33 bits per heavy atom. The van der Waals surface area contributed by atoms with E-state index in [1.54, 1.807) is 0 Å². The highest BCUT2D eigenvalue weighted by Crippen LogP contribution is 2.25. The third-order valence-corrected chi connectivity index (χ3v) is 2.65. The Labute approximate surface area is 60.0 Å². The second-order valence-electron chi connectivity index (χ2n) is 2.78. The molecule has 9 heavy (non-hydrogen) atoms. The molecule has 0 amide bonds. The largest absolute Gasteiger partial charge is 0.317 e. The first-order valence-corrected chi connectivity index (χ1v) is 5.91. The van der Waals surface area contributed by atoms with Gasteiger partial charge in [-0.15, -0.1) is 7.92 Å². The third-order valence-electron chi connectivity index (χ3n) is 1.50. The Kier molecular flexibility index (Phi) is 5.42. The summed E-state index contributed by atoms with van der Waals surface area (Å²) in [5, 5.41) is 3.23. The zero-order valence-corrected chi connectivity index (χ0v) is 7.83. The van der Waals surface area contributed by atoms with Gasteiger partial charge < -0.3 is 5.32 Å². The molecule has 0 aliphatic carbocycles. The van der Waals surface area contributed by atoms with Gasteiger partial charge in [-0.25, -0.2) is 0 Å². The molecule has 0 bridgehead atoms. The Balaban J connectivity index is 3.06. The van der Waals surface area contributed by atoms with E-state index < -0.39 is 0 Å². The van der Waals surface area contributed by atoms with Crippen LogP contribution in [-0.4, -0.2) is 32.6 Å². The molecule has 1 N–H and O–H groups in total. The van der Waals surface area contributed by atoms with Gasteiger partial charge in [0.15, 0.2) is 0 Å². The standard InChI is InChI=1S/C7H18NP/c1-7(8-2)5-6-9(3)4/h7-8H,5-6H2,1-4H3. The number of nitrogens with one attached hydrogen (secondary N) is 1. The van der Waals surface area contributed by atoms with E-state index in [0.717, 1.165) is 0 Å². The first kappa shape index (κ1) is 9.39. The van der Waals surface area contributed by atoms with Crippen LogP contribution in [0.2, 0.25) is 0 Å². The van der Waals surface area contributed by atoms with Gasteiger partial charge in [0.1, 0.15) is 0 Å². The second-order valence-corrected chi connectivity index (χ2v) is 5.39. The fourth-order valence-electron chi connectivity index (χ4n) is 0.596. The van der Waals surface area contributed by atoms with Gasteiger partial charge in [-0.3, -0.25) is 0 Å². The van der Waals surface area contributed by atoms with Crippen LogP contribution in [0.1, 0.15) is 13.3 Å². The minimum absolute atomic E-state index is 0.321. The van der Waals surface area contributed by atoms with E-state index in [4.69, 9.17) is 0 Å². The van der Waals surface area contributed by atoms with Gasteiger partial charge in [-0.2, -0.15) is 0 Å². The van der Waals surface area contributed by atoms with Crippen LogP contribution in [-0.2, 0) is 0 Å². The van der Waals surface area contributed by atoms with Crippen LogP contribution in [0.15, 0.2) is 0 Å². The molecule has 0 fully saturated rings. The minimum atomic E-state index is 0.321. The predicted molar refractivity (Wildman–Crippen MR) is 46.8 cm³/mol. The molecule has 0 aliphatic rings. The van der Waals surface area contributed by atoms with E-state index in [1.165, 1.54) is 12.6 Å². The van der Waals surface area contributed by atoms with Crippen LogP contribution in [0.3, 0.4) is 0 Å². The van der Waals surface area contributed by atoms with Crippen molar-refractivity contribution >= 4 is 7.92 Å². The summed E-state index contributed by atoms with van der Waals surface area (Å²) in [4.78, 5) is 0. The van der Waals surface area contributed by atoms with Crippen LogP contribution in [0.5, 0.6) is 0 Å². The lowest BCUT2D eigenvalue weighted by Crippen LogP contribution is -2.21. The molecule has 0 aromatic heterocycles. The van der Waals surface area contributed by atoms with Crippen molar-refractivity contribution in [1.29, 1.82) is 0 Å². The third kappa shape index (κ3) is 6.27. The fourth-order valence-corrected chi connectivity index (χ4v) is 1.50. The Bertz CT molecular complexity index is 63.9. The molecule has 0 heterocycles. The molecule has 0 saturated heterocycles. The lowest BCUT2D eigenvalue weighted by Gasteiger charge is -2.11. The summed E-state index contributed by atoms with van der Waals surface area (Å²) in [7, 11) is 2.35. The van der Waals surface area contributed by atoms with Crippen LogP contribution >= 0.6 is 7.92 Å². The van der Waals surface area contributed by atoms with Crippen LogP contribution in [0.25, 0.3) is 0 Å². The average Bonchev–Trinajstić information content (AvgIpc) is 1.83. The van der Waals surface area contributed by atoms with Crippen molar-refractivity contribution in [3.8, 4) is 0 Å². The molecule has 1 nitrogen and oxygen atoms in total. The molecule has 0 spiro atoms. The van der Waals surface area contributed by atoms with Crippen molar-refractivity contribution in [3.05, 3.63) is 0 Å². The molecule has 1 unspecified atom stereocenters. The van der Waals surface area contributed by atoms with E-state index in [1.807, 2.05) is 7.05 Å². The van der Waals surface area contributed by atoms with E-state index in [9.17, 15) is 0 Å². The first-order chi connectivity index (χ1) is 4.16. The minimum Gasteiger partial charge on any atom is -0.317 e. The highest BCUT2D eigenvalue weighted by molar-refractivity contribution is 7.55. The van der Waals surface area contributed by atoms with Crippen LogP contribution < -0.4 is 5.32 Å². The monoisotopic (exact) mass is 147 g/mol. The van der Waals surface area contributed by atoms with Gasteiger partial charge in [0.05, 0.1) is 0 Å². The van der Waals surface area contributed by atoms with Crippen molar-refractivity contribution in [2.75, 3.05) is 26.5 Å². The van der Waals surface area contributed by atoms with Gasteiger partial charge in [0, 0.05) is 6.04 Å². The number of rotatable bonds is 4. The summed E-state index contributed by atoms with van der Waals surface area (Å²) in [6.45, 7) is 6.90. The van der Waals surface area contributed by atoms with Gasteiger partial charge >= 0.3 is 0 Å². The molecule has 0 radical (unpaired) electrons. The van der Waals surface area contributed by atoms with E-state index in [2.05, 4.69) is 25.6 Å². The SMILES string of the molecule is CNC(C)CCP(C)C. The summed E-state index contributed by atoms with van der Waals surface area (Å²) in [5.74, 6) is 0. The molecule has 0 saturated carbocycles. The molecule has 1 atom stereocenters. The highest BCUT2D eigenvalue weighted by atomic mass is 31.1. The van der Waals surface area contributed by atoms with Crippen molar-refractivity contribution in [2.45, 2.75) is 19.4 Å². The van der Waals surface area contributed by atoms with E-state index in [-0.39, 0.29) is 0 Å². The maximum Gasteiger partial charge on any atom is 0.00390 e. The Morgan fingerprint density at radius 2 is 2.00 bits per heavy atom. The molecule has 0 aliphatic heterocycles. The van der Waals surface area contributed by atoms with Crippen molar-refractivity contribution in [1.82, 2.24) is 5.32 Å². The molecule has 0 rings (SSSR count).